The molecule has 1 heterocycles. The smallest absolute Gasteiger partial charge is 0.212 e. The monoisotopic (exact) mass is 303 g/mol. The quantitative estimate of drug-likeness (QED) is 0.849. The van der Waals surface area contributed by atoms with E-state index in [1.54, 1.807) is 0 Å². The first kappa shape index (κ1) is 14.6. The minimum absolute atomic E-state index is 0.0516. The zero-order chi connectivity index (χ0) is 13.9. The molecule has 2 unspecified atom stereocenters. The van der Waals surface area contributed by atoms with Crippen molar-refractivity contribution in [2.45, 2.75) is 19.4 Å². The number of sulfonamides is 1. The number of alkyl halides is 1. The third-order valence-electron chi connectivity index (χ3n) is 3.05. The Morgan fingerprint density at radius 2 is 2.21 bits per heavy atom. The predicted octanol–water partition coefficient (Wildman–Crippen LogP) is 2.30. The van der Waals surface area contributed by atoms with Crippen LogP contribution in [-0.2, 0) is 10.0 Å². The molecule has 1 aromatic carbocycles. The molecular weight excluding hydrogens is 286 g/mol. The molecule has 1 aliphatic rings. The molecule has 1 N–H and O–H groups in total. The number of nitrogens with one attached hydrogen (secondary N) is 1. The minimum Gasteiger partial charge on any atom is -0.493 e. The van der Waals surface area contributed by atoms with Crippen LogP contribution in [0.3, 0.4) is 0 Å². The van der Waals surface area contributed by atoms with Crippen molar-refractivity contribution in [3.63, 3.8) is 0 Å². The van der Waals surface area contributed by atoms with E-state index in [-0.39, 0.29) is 17.7 Å². The molecule has 0 fully saturated rings. The molecule has 0 aliphatic carbocycles. The molecular formula is C13H18ClNO3S. The molecule has 0 saturated carbocycles. The Bertz CT molecular complexity index is 532. The van der Waals surface area contributed by atoms with Crippen LogP contribution >= 0.6 is 11.6 Å². The maximum absolute atomic E-state index is 12.1. The summed E-state index contributed by atoms with van der Waals surface area (Å²) in [5.74, 6) is 1.09. The normalized spacial score (nSPS) is 20.4. The zero-order valence-electron chi connectivity index (χ0n) is 10.8. The van der Waals surface area contributed by atoms with Crippen LogP contribution in [0.1, 0.15) is 24.9 Å². The lowest BCUT2D eigenvalue weighted by atomic mass is 10.0. The van der Waals surface area contributed by atoms with Crippen molar-refractivity contribution in [3.05, 3.63) is 29.8 Å². The lowest BCUT2D eigenvalue weighted by Crippen LogP contribution is -2.35. The Morgan fingerprint density at radius 3 is 2.95 bits per heavy atom. The van der Waals surface area contributed by atoms with Crippen LogP contribution in [0.15, 0.2) is 24.3 Å². The first-order chi connectivity index (χ1) is 9.02. The van der Waals surface area contributed by atoms with Crippen molar-refractivity contribution in [2.75, 3.05) is 18.2 Å². The van der Waals surface area contributed by atoms with Crippen LogP contribution < -0.4 is 9.46 Å². The Balaban J connectivity index is 2.12. The molecule has 1 aromatic rings. The summed E-state index contributed by atoms with van der Waals surface area (Å²) in [6.45, 7) is 2.35. The van der Waals surface area contributed by atoms with Crippen LogP contribution in [0.5, 0.6) is 5.75 Å². The molecule has 0 bridgehead atoms. The third kappa shape index (κ3) is 3.84. The molecule has 0 amide bonds. The summed E-state index contributed by atoms with van der Waals surface area (Å²) in [4.78, 5) is 0. The highest BCUT2D eigenvalue weighted by atomic mass is 35.5. The fourth-order valence-electron chi connectivity index (χ4n) is 2.15. The number of halogens is 1. The predicted molar refractivity (Wildman–Crippen MR) is 76.1 cm³/mol. The van der Waals surface area contributed by atoms with E-state index in [1.807, 2.05) is 31.2 Å². The van der Waals surface area contributed by atoms with Gasteiger partial charge in [0.15, 0.2) is 0 Å². The van der Waals surface area contributed by atoms with E-state index in [9.17, 15) is 8.42 Å². The molecule has 0 saturated heterocycles. The standard InChI is InChI=1S/C13H18ClNO3S/c1-10(8-14)9-19(16,17)15-12-6-7-18-13-5-3-2-4-11(12)13/h2-5,10,12,15H,6-9H2,1H3. The second kappa shape index (κ2) is 6.11. The lowest BCUT2D eigenvalue weighted by molar-refractivity contribution is 0.263. The van der Waals surface area contributed by atoms with Crippen LogP contribution in [0.4, 0.5) is 0 Å². The van der Waals surface area contributed by atoms with E-state index in [1.165, 1.54) is 0 Å². The maximum Gasteiger partial charge on any atom is 0.212 e. The number of para-hydroxylation sites is 1. The van der Waals surface area contributed by atoms with Gasteiger partial charge in [-0.3, -0.25) is 0 Å². The van der Waals surface area contributed by atoms with Crippen molar-refractivity contribution in [2.24, 2.45) is 5.92 Å². The Kier molecular flexibility index (Phi) is 4.71. The van der Waals surface area contributed by atoms with Gasteiger partial charge in [-0.15, -0.1) is 11.6 Å². The molecule has 0 aromatic heterocycles. The van der Waals surface area contributed by atoms with Gasteiger partial charge in [-0.2, -0.15) is 0 Å². The number of benzene rings is 1. The fraction of sp³-hybridized carbons (Fsp3) is 0.538. The number of fused-ring (bicyclic) bond motifs is 1. The molecule has 19 heavy (non-hydrogen) atoms. The average molecular weight is 304 g/mol. The maximum atomic E-state index is 12.1. The van der Waals surface area contributed by atoms with Crippen molar-refractivity contribution in [1.29, 1.82) is 0 Å². The van der Waals surface area contributed by atoms with Gasteiger partial charge in [0.05, 0.1) is 18.4 Å². The van der Waals surface area contributed by atoms with Crippen molar-refractivity contribution in [1.82, 2.24) is 4.72 Å². The molecule has 1 aliphatic heterocycles. The summed E-state index contributed by atoms with van der Waals surface area (Å²) < 4.78 is 32.4. The van der Waals surface area contributed by atoms with Gasteiger partial charge in [-0.1, -0.05) is 25.1 Å². The Hall–Kier alpha value is -0.780. The van der Waals surface area contributed by atoms with Crippen molar-refractivity contribution in [3.8, 4) is 5.75 Å². The zero-order valence-corrected chi connectivity index (χ0v) is 12.4. The van der Waals surface area contributed by atoms with Gasteiger partial charge in [0.25, 0.3) is 0 Å². The summed E-state index contributed by atoms with van der Waals surface area (Å²) in [6, 6.07) is 7.31. The molecule has 106 valence electrons. The first-order valence-electron chi connectivity index (χ1n) is 6.29. The van der Waals surface area contributed by atoms with Gasteiger partial charge in [-0.05, 0) is 12.0 Å². The highest BCUT2D eigenvalue weighted by molar-refractivity contribution is 7.89. The van der Waals surface area contributed by atoms with Crippen LogP contribution in [0.2, 0.25) is 0 Å². The molecule has 4 nitrogen and oxygen atoms in total. The molecule has 6 heteroatoms. The molecule has 2 atom stereocenters. The van der Waals surface area contributed by atoms with Gasteiger partial charge in [0.1, 0.15) is 5.75 Å². The van der Waals surface area contributed by atoms with Gasteiger partial charge < -0.3 is 4.74 Å². The molecule has 0 radical (unpaired) electrons. The highest BCUT2D eigenvalue weighted by Crippen LogP contribution is 2.32. The van der Waals surface area contributed by atoms with E-state index in [2.05, 4.69) is 4.72 Å². The van der Waals surface area contributed by atoms with Gasteiger partial charge in [0, 0.05) is 17.9 Å². The summed E-state index contributed by atoms with van der Waals surface area (Å²) in [5.41, 5.74) is 0.899. The van der Waals surface area contributed by atoms with Crippen molar-refractivity contribution >= 4 is 21.6 Å². The lowest BCUT2D eigenvalue weighted by Gasteiger charge is -2.26. The number of ether oxygens (including phenoxy) is 1. The average Bonchev–Trinajstić information content (AvgIpc) is 2.38. The first-order valence-corrected chi connectivity index (χ1v) is 8.48. The van der Waals surface area contributed by atoms with Crippen LogP contribution in [-0.4, -0.2) is 26.7 Å². The summed E-state index contributed by atoms with van der Waals surface area (Å²) in [6.07, 6.45) is 0.644. The van der Waals surface area contributed by atoms with Gasteiger partial charge >= 0.3 is 0 Å². The van der Waals surface area contributed by atoms with Crippen LogP contribution in [0, 0.1) is 5.92 Å². The van der Waals surface area contributed by atoms with Crippen LogP contribution in [0.25, 0.3) is 0 Å². The van der Waals surface area contributed by atoms with E-state index < -0.39 is 10.0 Å². The van der Waals surface area contributed by atoms with Crippen molar-refractivity contribution < 1.29 is 13.2 Å². The number of hydrogen-bond acceptors (Lipinski definition) is 3. The van der Waals surface area contributed by atoms with E-state index in [4.69, 9.17) is 16.3 Å². The van der Waals surface area contributed by atoms with Gasteiger partial charge in [-0.25, -0.2) is 13.1 Å². The second-order valence-electron chi connectivity index (χ2n) is 4.89. The molecule has 0 spiro atoms. The summed E-state index contributed by atoms with van der Waals surface area (Å²) in [7, 11) is -3.33. The third-order valence-corrected chi connectivity index (χ3v) is 5.23. The minimum atomic E-state index is -3.33. The largest absolute Gasteiger partial charge is 0.493 e. The fourth-order valence-corrected chi connectivity index (χ4v) is 4.03. The molecule has 2 rings (SSSR count). The summed E-state index contributed by atoms with van der Waals surface area (Å²) in [5, 5.41) is 0. The Morgan fingerprint density at radius 1 is 1.47 bits per heavy atom. The van der Waals surface area contributed by atoms with E-state index >= 15 is 0 Å². The second-order valence-corrected chi connectivity index (χ2v) is 6.99. The topological polar surface area (TPSA) is 55.4 Å². The highest BCUT2D eigenvalue weighted by Gasteiger charge is 2.26. The van der Waals surface area contributed by atoms with E-state index in [0.717, 1.165) is 11.3 Å². The van der Waals surface area contributed by atoms with Gasteiger partial charge in [0.2, 0.25) is 10.0 Å². The SMILES string of the molecule is CC(CCl)CS(=O)(=O)NC1CCOc2ccccc21. The number of rotatable bonds is 5. The number of hydrogen-bond donors (Lipinski definition) is 1. The Labute approximate surface area is 119 Å². The summed E-state index contributed by atoms with van der Waals surface area (Å²) >= 11 is 5.67. The van der Waals surface area contributed by atoms with E-state index in [0.29, 0.717) is 18.9 Å².